The summed E-state index contributed by atoms with van der Waals surface area (Å²) in [4.78, 5) is 0. The van der Waals surface area contributed by atoms with Crippen LogP contribution in [0.1, 0.15) is 44.5 Å². The molecule has 0 N–H and O–H groups in total. The molecule has 0 nitrogen and oxygen atoms in total. The Labute approximate surface area is 233 Å². The molecule has 1 aliphatic heterocycles. The van der Waals surface area contributed by atoms with Crippen LogP contribution in [-0.2, 0) is 46.0 Å². The maximum Gasteiger partial charge on any atom is 0.0188 e. The Morgan fingerprint density at radius 1 is 0.278 bits per heavy atom. The minimum atomic E-state index is 1.06. The molecule has 4 aromatic carbocycles. The molecule has 4 aromatic rings. The fourth-order valence-corrected chi connectivity index (χ4v) is 8.11. The monoisotopic (exact) mass is 544 g/mol. The second-order valence-electron chi connectivity index (χ2n) is 9.25. The minimum absolute atomic E-state index is 1.06. The molecular formula is C32H32S4. The second kappa shape index (κ2) is 13.7. The van der Waals surface area contributed by atoms with Crippen LogP contribution in [-0.4, -0.2) is 0 Å². The van der Waals surface area contributed by atoms with Gasteiger partial charge in [-0.25, -0.2) is 0 Å². The van der Waals surface area contributed by atoms with E-state index >= 15 is 0 Å². The topological polar surface area (TPSA) is 0 Å². The molecule has 0 saturated heterocycles. The molecule has 0 fully saturated rings. The number of hydrogen-bond acceptors (Lipinski definition) is 4. The standard InChI is InChI=1S/C32H32S4/c1-5-25-13-26(6-1)18-34-20-28-8-3-10-30(15-28)22-36-24-32-12-4-11-31(16-32)23-35-21-29-9-2-7-27(14-29)19-33-17-25/h1-16H,17-24H2. The van der Waals surface area contributed by atoms with Crippen LogP contribution in [0, 0.1) is 0 Å². The molecule has 5 rings (SSSR count). The fraction of sp³-hybridized carbons (Fsp3) is 0.250. The van der Waals surface area contributed by atoms with E-state index < -0.39 is 0 Å². The van der Waals surface area contributed by atoms with Gasteiger partial charge in [-0.1, -0.05) is 97.1 Å². The molecule has 4 heteroatoms. The summed E-state index contributed by atoms with van der Waals surface area (Å²) in [6.45, 7) is 0. The highest BCUT2D eigenvalue weighted by molar-refractivity contribution is 7.98. The summed E-state index contributed by atoms with van der Waals surface area (Å²) in [6.07, 6.45) is 0. The first-order valence-electron chi connectivity index (χ1n) is 12.4. The number of benzene rings is 4. The van der Waals surface area contributed by atoms with E-state index in [9.17, 15) is 0 Å². The van der Waals surface area contributed by atoms with E-state index in [1.807, 2.05) is 47.0 Å². The number of rotatable bonds is 0. The minimum Gasteiger partial charge on any atom is -0.152 e. The predicted octanol–water partition coefficient (Wildman–Crippen LogP) is 9.73. The van der Waals surface area contributed by atoms with Crippen LogP contribution >= 0.6 is 47.0 Å². The van der Waals surface area contributed by atoms with Crippen molar-refractivity contribution in [2.24, 2.45) is 0 Å². The normalized spacial score (nSPS) is 15.6. The van der Waals surface area contributed by atoms with Crippen molar-refractivity contribution in [3.05, 3.63) is 142 Å². The van der Waals surface area contributed by atoms with Gasteiger partial charge in [0.25, 0.3) is 0 Å². The fourth-order valence-electron chi connectivity index (χ4n) is 4.38. The maximum atomic E-state index is 2.40. The Hall–Kier alpha value is -1.72. The summed E-state index contributed by atoms with van der Waals surface area (Å²) in [6, 6.07) is 36.7. The molecule has 0 radical (unpaired) electrons. The summed E-state index contributed by atoms with van der Waals surface area (Å²) in [7, 11) is 0. The summed E-state index contributed by atoms with van der Waals surface area (Å²) >= 11 is 8.06. The second-order valence-corrected chi connectivity index (χ2v) is 13.2. The highest BCUT2D eigenvalue weighted by Gasteiger charge is 2.04. The van der Waals surface area contributed by atoms with Crippen LogP contribution in [0.5, 0.6) is 0 Å². The molecule has 1 heterocycles. The van der Waals surface area contributed by atoms with Crippen molar-refractivity contribution in [1.82, 2.24) is 0 Å². The van der Waals surface area contributed by atoms with Crippen molar-refractivity contribution < 1.29 is 0 Å². The zero-order chi connectivity index (χ0) is 24.4. The highest BCUT2D eigenvalue weighted by Crippen LogP contribution is 2.26. The first-order chi connectivity index (χ1) is 17.8. The van der Waals surface area contributed by atoms with Gasteiger partial charge in [-0.2, -0.15) is 47.0 Å². The smallest absolute Gasteiger partial charge is 0.0188 e. The molecule has 0 spiro atoms. The van der Waals surface area contributed by atoms with Crippen molar-refractivity contribution in [1.29, 1.82) is 0 Å². The third-order valence-corrected chi connectivity index (χ3v) is 10.4. The lowest BCUT2D eigenvalue weighted by Gasteiger charge is -2.09. The lowest BCUT2D eigenvalue weighted by molar-refractivity contribution is 1.28. The molecule has 184 valence electrons. The van der Waals surface area contributed by atoms with Gasteiger partial charge in [0.05, 0.1) is 0 Å². The summed E-state index contributed by atoms with van der Waals surface area (Å²) in [5.41, 5.74) is 11.4. The quantitative estimate of drug-likeness (QED) is 0.216. The summed E-state index contributed by atoms with van der Waals surface area (Å²) in [5.74, 6) is 8.50. The Kier molecular flexibility index (Phi) is 9.87. The summed E-state index contributed by atoms with van der Waals surface area (Å²) < 4.78 is 0. The number of hydrogen-bond donors (Lipinski definition) is 0. The molecule has 1 aliphatic rings. The van der Waals surface area contributed by atoms with Crippen molar-refractivity contribution in [2.45, 2.75) is 46.0 Å². The van der Waals surface area contributed by atoms with Gasteiger partial charge in [-0.3, -0.25) is 0 Å². The van der Waals surface area contributed by atoms with Crippen LogP contribution in [0.4, 0.5) is 0 Å². The molecule has 36 heavy (non-hydrogen) atoms. The van der Waals surface area contributed by atoms with Gasteiger partial charge in [0.15, 0.2) is 0 Å². The van der Waals surface area contributed by atoms with Gasteiger partial charge in [0.1, 0.15) is 0 Å². The summed E-state index contributed by atoms with van der Waals surface area (Å²) in [5, 5.41) is 0. The van der Waals surface area contributed by atoms with Crippen LogP contribution in [0.2, 0.25) is 0 Å². The predicted molar refractivity (Wildman–Crippen MR) is 166 cm³/mol. The van der Waals surface area contributed by atoms with E-state index in [0.717, 1.165) is 46.0 Å². The largest absolute Gasteiger partial charge is 0.152 e. The van der Waals surface area contributed by atoms with Crippen LogP contribution < -0.4 is 0 Å². The Balaban J connectivity index is 1.30. The average Bonchev–Trinajstić information content (AvgIpc) is 2.90. The maximum absolute atomic E-state index is 2.40. The van der Waals surface area contributed by atoms with Gasteiger partial charge in [-0.15, -0.1) is 0 Å². The Morgan fingerprint density at radius 2 is 0.444 bits per heavy atom. The van der Waals surface area contributed by atoms with E-state index in [1.54, 1.807) is 0 Å². The van der Waals surface area contributed by atoms with Gasteiger partial charge < -0.3 is 0 Å². The molecule has 0 saturated carbocycles. The molecule has 8 bridgehead atoms. The van der Waals surface area contributed by atoms with E-state index in [1.165, 1.54) is 44.5 Å². The SMILES string of the molecule is c1cc2cc(c1)CSCc1cccc(c1)CSCc1cccc(c1)CSCc1cccc(c1)CSC2. The number of thioether (sulfide) groups is 4. The van der Waals surface area contributed by atoms with E-state index in [0.29, 0.717) is 0 Å². The molecule has 0 aliphatic carbocycles. The lowest BCUT2D eigenvalue weighted by Crippen LogP contribution is -1.91. The van der Waals surface area contributed by atoms with E-state index in [-0.39, 0.29) is 0 Å². The third-order valence-electron chi connectivity index (χ3n) is 6.12. The average molecular weight is 545 g/mol. The van der Waals surface area contributed by atoms with Crippen LogP contribution in [0.3, 0.4) is 0 Å². The molecular weight excluding hydrogens is 513 g/mol. The van der Waals surface area contributed by atoms with Crippen molar-refractivity contribution in [3.63, 3.8) is 0 Å². The molecule has 0 aromatic heterocycles. The first-order valence-corrected chi connectivity index (χ1v) is 17.0. The van der Waals surface area contributed by atoms with Gasteiger partial charge in [-0.05, 0) is 44.5 Å². The van der Waals surface area contributed by atoms with Crippen molar-refractivity contribution in [2.75, 3.05) is 0 Å². The van der Waals surface area contributed by atoms with Crippen molar-refractivity contribution in [3.8, 4) is 0 Å². The first kappa shape index (κ1) is 25.9. The molecule has 0 unspecified atom stereocenters. The third kappa shape index (κ3) is 8.14. The highest BCUT2D eigenvalue weighted by atomic mass is 32.2. The molecule has 0 amide bonds. The molecule has 0 atom stereocenters. The number of fused-ring (bicyclic) bond motifs is 8. The Bertz CT molecular complexity index is 991. The van der Waals surface area contributed by atoms with Gasteiger partial charge in [0, 0.05) is 46.0 Å². The van der Waals surface area contributed by atoms with E-state index in [4.69, 9.17) is 0 Å². The zero-order valence-electron chi connectivity index (χ0n) is 20.5. The van der Waals surface area contributed by atoms with Crippen LogP contribution in [0.25, 0.3) is 0 Å². The van der Waals surface area contributed by atoms with Gasteiger partial charge in [0.2, 0.25) is 0 Å². The lowest BCUT2D eigenvalue weighted by atomic mass is 10.2. The Morgan fingerprint density at radius 3 is 0.611 bits per heavy atom. The zero-order valence-corrected chi connectivity index (χ0v) is 23.8. The van der Waals surface area contributed by atoms with Crippen LogP contribution in [0.15, 0.2) is 97.1 Å². The van der Waals surface area contributed by atoms with Gasteiger partial charge >= 0.3 is 0 Å². The van der Waals surface area contributed by atoms with E-state index in [2.05, 4.69) is 97.1 Å². The van der Waals surface area contributed by atoms with Crippen molar-refractivity contribution >= 4 is 47.0 Å².